The van der Waals surface area contributed by atoms with E-state index >= 15 is 0 Å². The van der Waals surface area contributed by atoms with Crippen LogP contribution in [-0.4, -0.2) is 24.4 Å². The van der Waals surface area contributed by atoms with Crippen LogP contribution in [0.15, 0.2) is 24.3 Å². The van der Waals surface area contributed by atoms with E-state index in [2.05, 4.69) is 5.32 Å². The molecule has 1 saturated heterocycles. The van der Waals surface area contributed by atoms with E-state index in [1.54, 1.807) is 0 Å². The summed E-state index contributed by atoms with van der Waals surface area (Å²) < 4.78 is 0. The normalized spacial score (nSPS) is 17.8. The number of halogens is 1. The highest BCUT2D eigenvalue weighted by Crippen LogP contribution is 2.23. The lowest BCUT2D eigenvalue weighted by Crippen LogP contribution is -2.45. The van der Waals surface area contributed by atoms with Crippen molar-refractivity contribution in [3.63, 3.8) is 0 Å². The van der Waals surface area contributed by atoms with Gasteiger partial charge in [0.2, 0.25) is 11.8 Å². The Morgan fingerprint density at radius 1 is 1.29 bits per heavy atom. The summed E-state index contributed by atoms with van der Waals surface area (Å²) in [4.78, 5) is 25.7. The molecule has 1 aromatic rings. The number of carbonyl (C=O) groups excluding carboxylic acids is 2. The first-order valence-corrected chi connectivity index (χ1v) is 8.40. The molecular formula is C18H28ClN3O2. The Kier molecular flexibility index (Phi) is 7.70. The quantitative estimate of drug-likeness (QED) is 0.825. The van der Waals surface area contributed by atoms with Gasteiger partial charge in [0.25, 0.3) is 0 Å². The second kappa shape index (κ2) is 9.04. The molecule has 1 aliphatic heterocycles. The van der Waals surface area contributed by atoms with Crippen LogP contribution in [0.4, 0.5) is 5.69 Å². The molecule has 1 aliphatic rings. The van der Waals surface area contributed by atoms with Crippen molar-refractivity contribution in [1.82, 2.24) is 5.32 Å². The number of benzene rings is 1. The van der Waals surface area contributed by atoms with Crippen LogP contribution in [0.1, 0.15) is 51.6 Å². The molecule has 3 N–H and O–H groups in total. The van der Waals surface area contributed by atoms with E-state index in [1.807, 2.05) is 49.9 Å². The number of amides is 2. The molecule has 6 heteroatoms. The molecule has 1 aromatic carbocycles. The second-order valence-corrected chi connectivity index (χ2v) is 6.38. The van der Waals surface area contributed by atoms with Gasteiger partial charge in [-0.15, -0.1) is 12.4 Å². The molecule has 0 bridgehead atoms. The first kappa shape index (κ1) is 20.5. The summed E-state index contributed by atoms with van der Waals surface area (Å²) in [6.07, 6.45) is 2.42. The summed E-state index contributed by atoms with van der Waals surface area (Å²) in [6, 6.07) is 7.21. The van der Waals surface area contributed by atoms with Crippen molar-refractivity contribution in [2.45, 2.75) is 52.1 Å². The predicted octanol–water partition coefficient (Wildman–Crippen LogP) is 2.79. The van der Waals surface area contributed by atoms with E-state index in [4.69, 9.17) is 5.73 Å². The fourth-order valence-corrected chi connectivity index (χ4v) is 2.77. The molecule has 0 saturated carbocycles. The maximum absolute atomic E-state index is 12.2. The highest BCUT2D eigenvalue weighted by Gasteiger charge is 2.23. The van der Waals surface area contributed by atoms with E-state index in [-0.39, 0.29) is 36.2 Å². The van der Waals surface area contributed by atoms with Crippen molar-refractivity contribution in [2.75, 3.05) is 11.4 Å². The van der Waals surface area contributed by atoms with Crippen LogP contribution in [0.2, 0.25) is 0 Å². The Balaban J connectivity index is 0.00000288. The Bertz CT molecular complexity index is 562. The van der Waals surface area contributed by atoms with Gasteiger partial charge in [-0.1, -0.05) is 32.4 Å². The van der Waals surface area contributed by atoms with Crippen molar-refractivity contribution in [2.24, 2.45) is 11.7 Å². The standard InChI is InChI=1S/C18H27N3O2.ClH/c1-4-12(2)17(19)18(23)20-13(3)14-7-9-15(10-8-14)21-11-5-6-16(21)22;/h7-10,12-13,17H,4-6,11,19H2,1-3H3,(H,20,23);1H. The average Bonchev–Trinajstić information content (AvgIpc) is 2.99. The van der Waals surface area contributed by atoms with Crippen molar-refractivity contribution >= 4 is 29.9 Å². The van der Waals surface area contributed by atoms with Gasteiger partial charge in [0.05, 0.1) is 12.1 Å². The first-order chi connectivity index (χ1) is 10.9. The van der Waals surface area contributed by atoms with Crippen LogP contribution in [0, 0.1) is 5.92 Å². The van der Waals surface area contributed by atoms with Crippen LogP contribution in [0.5, 0.6) is 0 Å². The molecule has 3 unspecified atom stereocenters. The Morgan fingerprint density at radius 2 is 1.92 bits per heavy atom. The van der Waals surface area contributed by atoms with Gasteiger partial charge in [-0.3, -0.25) is 9.59 Å². The third-order valence-corrected chi connectivity index (χ3v) is 4.70. The maximum Gasteiger partial charge on any atom is 0.237 e. The summed E-state index contributed by atoms with van der Waals surface area (Å²) >= 11 is 0. The Hall–Kier alpha value is -1.59. The van der Waals surface area contributed by atoms with Gasteiger partial charge in [-0.05, 0) is 37.0 Å². The second-order valence-electron chi connectivity index (χ2n) is 6.38. The predicted molar refractivity (Wildman–Crippen MR) is 99.3 cm³/mol. The van der Waals surface area contributed by atoms with Crippen LogP contribution < -0.4 is 16.0 Å². The summed E-state index contributed by atoms with van der Waals surface area (Å²) in [7, 11) is 0. The summed E-state index contributed by atoms with van der Waals surface area (Å²) in [5.41, 5.74) is 7.89. The molecule has 1 fully saturated rings. The van der Waals surface area contributed by atoms with Gasteiger partial charge in [-0.2, -0.15) is 0 Å². The summed E-state index contributed by atoms with van der Waals surface area (Å²) in [5.74, 6) is 0.218. The van der Waals surface area contributed by atoms with Gasteiger partial charge in [0.15, 0.2) is 0 Å². The molecular weight excluding hydrogens is 326 g/mol. The topological polar surface area (TPSA) is 75.4 Å². The van der Waals surface area contributed by atoms with Crippen molar-refractivity contribution in [3.8, 4) is 0 Å². The first-order valence-electron chi connectivity index (χ1n) is 8.40. The highest BCUT2D eigenvalue weighted by molar-refractivity contribution is 5.95. The number of nitrogens with zero attached hydrogens (tertiary/aromatic N) is 1. The lowest BCUT2D eigenvalue weighted by atomic mass is 9.98. The smallest absolute Gasteiger partial charge is 0.237 e. The number of nitrogens with one attached hydrogen (secondary N) is 1. The van der Waals surface area contributed by atoms with Gasteiger partial charge in [-0.25, -0.2) is 0 Å². The SMILES string of the molecule is CCC(C)C(N)C(=O)NC(C)c1ccc(N2CCCC2=O)cc1.Cl. The largest absolute Gasteiger partial charge is 0.348 e. The number of hydrogen-bond donors (Lipinski definition) is 2. The number of anilines is 1. The monoisotopic (exact) mass is 353 g/mol. The molecule has 0 aromatic heterocycles. The zero-order chi connectivity index (χ0) is 17.0. The molecule has 3 atom stereocenters. The van der Waals surface area contributed by atoms with Crippen LogP contribution >= 0.6 is 12.4 Å². The van der Waals surface area contributed by atoms with E-state index in [1.165, 1.54) is 0 Å². The molecule has 24 heavy (non-hydrogen) atoms. The maximum atomic E-state index is 12.2. The molecule has 2 rings (SSSR count). The van der Waals surface area contributed by atoms with E-state index in [9.17, 15) is 9.59 Å². The lowest BCUT2D eigenvalue weighted by Gasteiger charge is -2.22. The lowest BCUT2D eigenvalue weighted by molar-refractivity contribution is -0.124. The molecule has 0 spiro atoms. The third kappa shape index (κ3) is 4.71. The summed E-state index contributed by atoms with van der Waals surface area (Å²) in [5, 5.41) is 2.96. The molecule has 134 valence electrons. The molecule has 5 nitrogen and oxygen atoms in total. The molecule has 1 heterocycles. The fourth-order valence-electron chi connectivity index (χ4n) is 2.77. The van der Waals surface area contributed by atoms with E-state index in [0.717, 1.165) is 30.6 Å². The molecule has 2 amide bonds. The zero-order valence-electron chi connectivity index (χ0n) is 14.6. The van der Waals surface area contributed by atoms with Crippen molar-refractivity contribution in [1.29, 1.82) is 0 Å². The molecule has 0 aliphatic carbocycles. The minimum Gasteiger partial charge on any atom is -0.348 e. The average molecular weight is 354 g/mol. The van der Waals surface area contributed by atoms with E-state index < -0.39 is 6.04 Å². The third-order valence-electron chi connectivity index (χ3n) is 4.70. The van der Waals surface area contributed by atoms with Crippen molar-refractivity contribution in [3.05, 3.63) is 29.8 Å². The van der Waals surface area contributed by atoms with Crippen LogP contribution in [0.3, 0.4) is 0 Å². The van der Waals surface area contributed by atoms with Crippen LogP contribution in [0.25, 0.3) is 0 Å². The van der Waals surface area contributed by atoms with Gasteiger partial charge in [0.1, 0.15) is 0 Å². The molecule has 0 radical (unpaired) electrons. The Morgan fingerprint density at radius 3 is 2.42 bits per heavy atom. The minimum absolute atomic E-state index is 0. The van der Waals surface area contributed by atoms with Gasteiger partial charge >= 0.3 is 0 Å². The summed E-state index contributed by atoms with van der Waals surface area (Å²) in [6.45, 7) is 6.74. The number of carbonyl (C=O) groups is 2. The van der Waals surface area contributed by atoms with Gasteiger partial charge < -0.3 is 16.0 Å². The van der Waals surface area contributed by atoms with E-state index in [0.29, 0.717) is 6.42 Å². The number of hydrogen-bond acceptors (Lipinski definition) is 3. The fraction of sp³-hybridized carbons (Fsp3) is 0.556. The van der Waals surface area contributed by atoms with Gasteiger partial charge in [0, 0.05) is 18.7 Å². The zero-order valence-corrected chi connectivity index (χ0v) is 15.4. The number of rotatable bonds is 6. The van der Waals surface area contributed by atoms with Crippen molar-refractivity contribution < 1.29 is 9.59 Å². The Labute approximate surface area is 150 Å². The number of nitrogens with two attached hydrogens (primary N) is 1. The minimum atomic E-state index is -0.482. The highest BCUT2D eigenvalue weighted by atomic mass is 35.5. The van der Waals surface area contributed by atoms with Crippen LogP contribution in [-0.2, 0) is 9.59 Å².